The summed E-state index contributed by atoms with van der Waals surface area (Å²) < 4.78 is 11.7. The fourth-order valence-electron chi connectivity index (χ4n) is 2.79. The second-order valence-corrected chi connectivity index (χ2v) is 5.59. The quantitative estimate of drug-likeness (QED) is 0.887. The number of benzene rings is 2. The molecule has 0 saturated carbocycles. The fraction of sp³-hybridized carbons (Fsp3) is 0.222. The number of nitrogens with zero attached hydrogens (tertiary/aromatic N) is 1. The molecule has 1 unspecified atom stereocenters. The predicted molar refractivity (Wildman–Crippen MR) is 87.3 cm³/mol. The van der Waals surface area contributed by atoms with Crippen molar-refractivity contribution in [1.29, 1.82) is 0 Å². The van der Waals surface area contributed by atoms with Crippen molar-refractivity contribution in [1.82, 2.24) is 0 Å². The van der Waals surface area contributed by atoms with Gasteiger partial charge in [-0.05, 0) is 17.7 Å². The first kappa shape index (κ1) is 13.8. The maximum atomic E-state index is 11.6. The Balaban J connectivity index is 1.48. The molecule has 2 aromatic rings. The van der Waals surface area contributed by atoms with Crippen LogP contribution in [0.3, 0.4) is 0 Å². The molecule has 1 atom stereocenters. The molecule has 1 amide bonds. The lowest BCUT2D eigenvalue weighted by atomic mass is 10.1. The highest BCUT2D eigenvalue weighted by molar-refractivity contribution is 6.00. The standard InChI is InChI=1S/C18H16N2O3/c21-17-8-14-15(20-17)6-7-16-18(14)23-13(11-22-16)10-19-9-12-4-2-1-3-5-12/h1-7,10,13H,8-9,11H2,(H,20,21). The smallest absolute Gasteiger partial charge is 0.229 e. The van der Waals surface area contributed by atoms with Crippen LogP contribution in [0.2, 0.25) is 0 Å². The van der Waals surface area contributed by atoms with Crippen LogP contribution < -0.4 is 14.8 Å². The molecule has 0 fully saturated rings. The van der Waals surface area contributed by atoms with Crippen LogP contribution in [0.1, 0.15) is 11.1 Å². The highest BCUT2D eigenvalue weighted by Crippen LogP contribution is 2.41. The van der Waals surface area contributed by atoms with E-state index in [0.717, 1.165) is 16.8 Å². The zero-order valence-electron chi connectivity index (χ0n) is 12.5. The number of anilines is 1. The predicted octanol–water partition coefficient (Wildman–Crippen LogP) is 2.59. The molecule has 0 radical (unpaired) electrons. The SMILES string of the molecule is O=C1Cc2c(ccc3c2OC(C=NCc2ccccc2)CO3)N1. The van der Waals surface area contributed by atoms with Crippen LogP contribution in [0.15, 0.2) is 47.5 Å². The molecule has 0 spiro atoms. The van der Waals surface area contributed by atoms with Crippen LogP contribution in [0, 0.1) is 0 Å². The van der Waals surface area contributed by atoms with Crippen LogP contribution in [0.5, 0.6) is 11.5 Å². The van der Waals surface area contributed by atoms with E-state index >= 15 is 0 Å². The average molecular weight is 308 g/mol. The van der Waals surface area contributed by atoms with Crippen molar-refractivity contribution in [3.63, 3.8) is 0 Å². The number of carbonyl (C=O) groups excluding carboxylic acids is 1. The van der Waals surface area contributed by atoms with E-state index in [1.807, 2.05) is 42.5 Å². The summed E-state index contributed by atoms with van der Waals surface area (Å²) in [6, 6.07) is 13.7. The molecule has 0 saturated heterocycles. The molecular weight excluding hydrogens is 292 g/mol. The fourth-order valence-corrected chi connectivity index (χ4v) is 2.79. The first-order valence-electron chi connectivity index (χ1n) is 7.58. The maximum absolute atomic E-state index is 11.6. The molecule has 2 aromatic carbocycles. The average Bonchev–Trinajstić information content (AvgIpc) is 2.97. The van der Waals surface area contributed by atoms with Gasteiger partial charge in [-0.1, -0.05) is 30.3 Å². The Hall–Kier alpha value is -2.82. The highest BCUT2D eigenvalue weighted by atomic mass is 16.6. The Morgan fingerprint density at radius 3 is 2.96 bits per heavy atom. The summed E-state index contributed by atoms with van der Waals surface area (Å²) in [5.74, 6) is 1.33. The molecule has 116 valence electrons. The topological polar surface area (TPSA) is 59.9 Å². The van der Waals surface area contributed by atoms with Gasteiger partial charge in [0.15, 0.2) is 17.6 Å². The zero-order valence-corrected chi connectivity index (χ0v) is 12.5. The minimum absolute atomic E-state index is 0.0168. The van der Waals surface area contributed by atoms with Gasteiger partial charge < -0.3 is 14.8 Å². The first-order chi connectivity index (χ1) is 11.3. The molecule has 2 aliphatic rings. The third-order valence-corrected chi connectivity index (χ3v) is 3.90. The molecule has 1 N–H and O–H groups in total. The minimum atomic E-state index is -0.242. The Labute approximate surface area is 134 Å². The van der Waals surface area contributed by atoms with E-state index in [2.05, 4.69) is 10.3 Å². The van der Waals surface area contributed by atoms with Crippen molar-refractivity contribution in [2.75, 3.05) is 11.9 Å². The van der Waals surface area contributed by atoms with E-state index in [0.29, 0.717) is 31.1 Å². The lowest BCUT2D eigenvalue weighted by molar-refractivity contribution is -0.115. The number of nitrogens with one attached hydrogen (secondary N) is 1. The van der Waals surface area contributed by atoms with Gasteiger partial charge in [0.1, 0.15) is 6.61 Å². The molecule has 2 aliphatic heterocycles. The Kier molecular flexibility index (Phi) is 3.46. The molecule has 5 nitrogen and oxygen atoms in total. The summed E-state index contributed by atoms with van der Waals surface area (Å²) in [5, 5.41) is 2.82. The van der Waals surface area contributed by atoms with Crippen molar-refractivity contribution in [3.05, 3.63) is 53.6 Å². The van der Waals surface area contributed by atoms with Gasteiger partial charge in [-0.3, -0.25) is 9.79 Å². The number of carbonyl (C=O) groups is 1. The van der Waals surface area contributed by atoms with Gasteiger partial charge in [0.25, 0.3) is 0 Å². The number of fused-ring (bicyclic) bond motifs is 3. The van der Waals surface area contributed by atoms with Crippen molar-refractivity contribution in [2.24, 2.45) is 4.99 Å². The number of hydrogen-bond acceptors (Lipinski definition) is 4. The maximum Gasteiger partial charge on any atom is 0.229 e. The van der Waals surface area contributed by atoms with Gasteiger partial charge in [0.05, 0.1) is 13.0 Å². The van der Waals surface area contributed by atoms with Gasteiger partial charge in [0.2, 0.25) is 5.91 Å². The number of rotatable bonds is 3. The van der Waals surface area contributed by atoms with Crippen molar-refractivity contribution >= 4 is 17.8 Å². The molecule has 5 heteroatoms. The van der Waals surface area contributed by atoms with E-state index in [9.17, 15) is 4.79 Å². The molecule has 0 aliphatic carbocycles. The van der Waals surface area contributed by atoms with Crippen LogP contribution in [-0.2, 0) is 17.8 Å². The largest absolute Gasteiger partial charge is 0.485 e. The molecule has 0 bridgehead atoms. The van der Waals surface area contributed by atoms with E-state index in [4.69, 9.17) is 9.47 Å². The van der Waals surface area contributed by atoms with Gasteiger partial charge in [0, 0.05) is 17.5 Å². The third-order valence-electron chi connectivity index (χ3n) is 3.90. The summed E-state index contributed by atoms with van der Waals surface area (Å²) in [4.78, 5) is 16.0. The van der Waals surface area contributed by atoms with Crippen LogP contribution >= 0.6 is 0 Å². The molecule has 23 heavy (non-hydrogen) atoms. The summed E-state index contributed by atoms with van der Waals surface area (Å²) in [7, 11) is 0. The van der Waals surface area contributed by atoms with Gasteiger partial charge >= 0.3 is 0 Å². The lowest BCUT2D eigenvalue weighted by Crippen LogP contribution is -2.31. The second kappa shape index (κ2) is 5.76. The van der Waals surface area contributed by atoms with E-state index in [1.165, 1.54) is 0 Å². The van der Waals surface area contributed by atoms with Crippen molar-refractivity contribution in [2.45, 2.75) is 19.1 Å². The number of aliphatic imine (C=N–C) groups is 1. The Morgan fingerprint density at radius 1 is 1.22 bits per heavy atom. The van der Waals surface area contributed by atoms with Crippen molar-refractivity contribution in [3.8, 4) is 11.5 Å². The number of ether oxygens (including phenoxy) is 2. The Morgan fingerprint density at radius 2 is 2.09 bits per heavy atom. The zero-order chi connectivity index (χ0) is 15.6. The van der Waals surface area contributed by atoms with Gasteiger partial charge in [-0.2, -0.15) is 0 Å². The van der Waals surface area contributed by atoms with Crippen LogP contribution in [0.4, 0.5) is 5.69 Å². The van der Waals surface area contributed by atoms with Gasteiger partial charge in [-0.25, -0.2) is 0 Å². The van der Waals surface area contributed by atoms with E-state index in [-0.39, 0.29) is 12.0 Å². The Bertz CT molecular complexity index is 771. The lowest BCUT2D eigenvalue weighted by Gasteiger charge is -2.25. The summed E-state index contributed by atoms with van der Waals surface area (Å²) in [6.45, 7) is 1.03. The molecular formula is C18H16N2O3. The minimum Gasteiger partial charge on any atom is -0.485 e. The van der Waals surface area contributed by atoms with Crippen LogP contribution in [0.25, 0.3) is 0 Å². The third kappa shape index (κ3) is 2.77. The monoisotopic (exact) mass is 308 g/mol. The van der Waals surface area contributed by atoms with Gasteiger partial charge in [-0.15, -0.1) is 0 Å². The number of hydrogen-bond donors (Lipinski definition) is 1. The van der Waals surface area contributed by atoms with E-state index < -0.39 is 0 Å². The molecule has 4 rings (SSSR count). The second-order valence-electron chi connectivity index (χ2n) is 5.59. The van der Waals surface area contributed by atoms with Crippen molar-refractivity contribution < 1.29 is 14.3 Å². The summed E-state index contributed by atoms with van der Waals surface area (Å²) in [5.41, 5.74) is 2.82. The molecule has 2 heterocycles. The number of amides is 1. The normalized spacial score (nSPS) is 18.8. The summed E-state index contributed by atoms with van der Waals surface area (Å²) >= 11 is 0. The molecule has 0 aromatic heterocycles. The summed E-state index contributed by atoms with van der Waals surface area (Å²) in [6.07, 6.45) is 1.86. The first-order valence-corrected chi connectivity index (χ1v) is 7.58. The van der Waals surface area contributed by atoms with Crippen LogP contribution in [-0.4, -0.2) is 24.8 Å². The van der Waals surface area contributed by atoms with E-state index in [1.54, 1.807) is 6.21 Å². The highest BCUT2D eigenvalue weighted by Gasteiger charge is 2.29.